The fraction of sp³-hybridized carbons (Fsp3) is 0.625. The highest BCUT2D eigenvalue weighted by atomic mass is 19.1. The van der Waals surface area contributed by atoms with Crippen molar-refractivity contribution in [3.8, 4) is 5.75 Å². The molecule has 2 aliphatic rings. The second-order valence-electron chi connectivity index (χ2n) is 5.91. The Morgan fingerprint density at radius 1 is 1.21 bits per heavy atom. The second kappa shape index (κ2) is 5.12. The van der Waals surface area contributed by atoms with Gasteiger partial charge in [0.15, 0.2) is 11.6 Å². The van der Waals surface area contributed by atoms with Crippen LogP contribution in [0.15, 0.2) is 24.3 Å². The summed E-state index contributed by atoms with van der Waals surface area (Å²) >= 11 is 0. The van der Waals surface area contributed by atoms with Crippen LogP contribution >= 0.6 is 0 Å². The zero-order valence-electron chi connectivity index (χ0n) is 11.5. The maximum absolute atomic E-state index is 13.7. The first kappa shape index (κ1) is 12.9. The summed E-state index contributed by atoms with van der Waals surface area (Å²) in [6.45, 7) is 0. The number of hydrogen-bond acceptors (Lipinski definition) is 2. The molecule has 0 radical (unpaired) electrons. The third kappa shape index (κ3) is 2.14. The number of halogens is 1. The normalized spacial score (nSPS) is 28.9. The number of hydrogen-bond donors (Lipinski definition) is 1. The molecule has 2 aliphatic carbocycles. The molecule has 1 aromatic rings. The molecular formula is C16H22FNO. The van der Waals surface area contributed by atoms with Crippen LogP contribution in [0.25, 0.3) is 0 Å². The largest absolute Gasteiger partial charge is 0.487 e. The molecule has 2 saturated carbocycles. The molecule has 2 fully saturated rings. The van der Waals surface area contributed by atoms with Crippen LogP contribution in [0.4, 0.5) is 4.39 Å². The van der Waals surface area contributed by atoms with E-state index >= 15 is 0 Å². The average molecular weight is 263 g/mol. The third-order valence-corrected chi connectivity index (χ3v) is 5.02. The van der Waals surface area contributed by atoms with Gasteiger partial charge >= 0.3 is 0 Å². The summed E-state index contributed by atoms with van der Waals surface area (Å²) in [6, 6.07) is 7.27. The average Bonchev–Trinajstić information content (AvgIpc) is 2.45. The molecule has 0 aliphatic heterocycles. The summed E-state index contributed by atoms with van der Waals surface area (Å²) < 4.78 is 19.7. The van der Waals surface area contributed by atoms with Crippen LogP contribution in [0.2, 0.25) is 0 Å². The van der Waals surface area contributed by atoms with Gasteiger partial charge in [-0.2, -0.15) is 0 Å². The number of para-hydroxylation sites is 1. The Kier molecular flexibility index (Phi) is 3.48. The standard InChI is InChI=1S/C16H22FNO/c1-18-14-11-15(16(14)9-5-2-6-10-16)19-13-8-4-3-7-12(13)17/h3-4,7-8,14-15,18H,2,5-6,9-11H2,1H3. The molecule has 2 nitrogen and oxygen atoms in total. The molecule has 0 heterocycles. The van der Waals surface area contributed by atoms with Gasteiger partial charge < -0.3 is 10.1 Å². The predicted octanol–water partition coefficient (Wildman–Crippen LogP) is 3.52. The molecular weight excluding hydrogens is 241 g/mol. The van der Waals surface area contributed by atoms with Gasteiger partial charge in [-0.25, -0.2) is 4.39 Å². The number of benzene rings is 1. The SMILES string of the molecule is CNC1CC(Oc2ccccc2F)C12CCCCC2. The molecule has 1 spiro atoms. The molecule has 0 amide bonds. The minimum absolute atomic E-state index is 0.169. The van der Waals surface area contributed by atoms with Crippen molar-refractivity contribution in [2.45, 2.75) is 50.7 Å². The molecule has 1 aromatic carbocycles. The zero-order chi connectivity index (χ0) is 13.3. The smallest absolute Gasteiger partial charge is 0.165 e. The van der Waals surface area contributed by atoms with E-state index in [1.165, 1.54) is 38.2 Å². The molecule has 3 rings (SSSR count). The quantitative estimate of drug-likeness (QED) is 0.901. The lowest BCUT2D eigenvalue weighted by molar-refractivity contribution is -0.102. The molecule has 0 saturated heterocycles. The molecule has 2 atom stereocenters. The van der Waals surface area contributed by atoms with E-state index in [4.69, 9.17) is 4.74 Å². The Morgan fingerprint density at radius 2 is 1.95 bits per heavy atom. The van der Waals surface area contributed by atoms with E-state index in [1.54, 1.807) is 12.1 Å². The maximum Gasteiger partial charge on any atom is 0.165 e. The van der Waals surface area contributed by atoms with Gasteiger partial charge in [0.2, 0.25) is 0 Å². The van der Waals surface area contributed by atoms with Gasteiger partial charge in [0, 0.05) is 17.9 Å². The Hall–Kier alpha value is -1.09. The Labute approximate surface area is 114 Å². The van der Waals surface area contributed by atoms with Gasteiger partial charge in [-0.15, -0.1) is 0 Å². The van der Waals surface area contributed by atoms with E-state index in [9.17, 15) is 4.39 Å². The third-order valence-electron chi connectivity index (χ3n) is 5.02. The van der Waals surface area contributed by atoms with Crippen LogP contribution in [-0.4, -0.2) is 19.2 Å². The molecule has 2 unspecified atom stereocenters. The first-order valence-electron chi connectivity index (χ1n) is 7.35. The van der Waals surface area contributed by atoms with E-state index in [0.29, 0.717) is 11.8 Å². The van der Waals surface area contributed by atoms with Gasteiger partial charge in [0.1, 0.15) is 6.10 Å². The molecule has 0 aromatic heterocycles. The van der Waals surface area contributed by atoms with Crippen molar-refractivity contribution < 1.29 is 9.13 Å². The van der Waals surface area contributed by atoms with E-state index in [2.05, 4.69) is 5.32 Å². The number of ether oxygens (including phenoxy) is 1. The highest BCUT2D eigenvalue weighted by Gasteiger charge is 2.56. The van der Waals surface area contributed by atoms with Gasteiger partial charge in [-0.1, -0.05) is 31.4 Å². The van der Waals surface area contributed by atoms with Crippen LogP contribution in [0.5, 0.6) is 5.75 Å². The molecule has 3 heteroatoms. The Bertz CT molecular complexity index is 442. The molecule has 104 valence electrons. The van der Waals surface area contributed by atoms with Crippen molar-refractivity contribution in [3.63, 3.8) is 0 Å². The van der Waals surface area contributed by atoms with Crippen molar-refractivity contribution in [1.29, 1.82) is 0 Å². The van der Waals surface area contributed by atoms with E-state index < -0.39 is 0 Å². The Morgan fingerprint density at radius 3 is 2.63 bits per heavy atom. The van der Waals surface area contributed by atoms with Crippen molar-refractivity contribution in [2.24, 2.45) is 5.41 Å². The van der Waals surface area contributed by atoms with Gasteiger partial charge in [-0.3, -0.25) is 0 Å². The summed E-state index contributed by atoms with van der Waals surface area (Å²) in [5, 5.41) is 3.42. The van der Waals surface area contributed by atoms with Crippen molar-refractivity contribution >= 4 is 0 Å². The summed E-state index contributed by atoms with van der Waals surface area (Å²) in [6.07, 6.45) is 7.44. The van der Waals surface area contributed by atoms with Crippen LogP contribution in [-0.2, 0) is 0 Å². The van der Waals surface area contributed by atoms with Crippen molar-refractivity contribution in [3.05, 3.63) is 30.1 Å². The topological polar surface area (TPSA) is 21.3 Å². The minimum Gasteiger partial charge on any atom is -0.487 e. The molecule has 19 heavy (non-hydrogen) atoms. The Balaban J connectivity index is 1.76. The molecule has 0 bridgehead atoms. The van der Waals surface area contributed by atoms with E-state index in [1.807, 2.05) is 13.1 Å². The first-order chi connectivity index (χ1) is 9.26. The van der Waals surface area contributed by atoms with Crippen molar-refractivity contribution in [1.82, 2.24) is 5.32 Å². The lowest BCUT2D eigenvalue weighted by Gasteiger charge is -2.57. The highest BCUT2D eigenvalue weighted by molar-refractivity contribution is 5.25. The summed E-state index contributed by atoms with van der Waals surface area (Å²) in [4.78, 5) is 0. The van der Waals surface area contributed by atoms with Crippen LogP contribution in [0, 0.1) is 11.2 Å². The van der Waals surface area contributed by atoms with Crippen LogP contribution in [0.1, 0.15) is 38.5 Å². The fourth-order valence-corrected chi connectivity index (χ4v) is 3.89. The van der Waals surface area contributed by atoms with Crippen LogP contribution < -0.4 is 10.1 Å². The second-order valence-corrected chi connectivity index (χ2v) is 5.91. The zero-order valence-corrected chi connectivity index (χ0v) is 11.5. The van der Waals surface area contributed by atoms with Crippen LogP contribution in [0.3, 0.4) is 0 Å². The predicted molar refractivity (Wildman–Crippen MR) is 73.8 cm³/mol. The summed E-state index contributed by atoms with van der Waals surface area (Å²) in [5.74, 6) is 0.161. The maximum atomic E-state index is 13.7. The fourth-order valence-electron chi connectivity index (χ4n) is 3.89. The lowest BCUT2D eigenvalue weighted by Crippen LogP contribution is -2.64. The first-order valence-corrected chi connectivity index (χ1v) is 7.35. The highest BCUT2D eigenvalue weighted by Crippen LogP contribution is 2.53. The van der Waals surface area contributed by atoms with Gasteiger partial charge in [0.05, 0.1) is 0 Å². The van der Waals surface area contributed by atoms with Gasteiger partial charge in [-0.05, 0) is 32.0 Å². The van der Waals surface area contributed by atoms with E-state index in [0.717, 1.165) is 6.42 Å². The summed E-state index contributed by atoms with van der Waals surface area (Å²) in [7, 11) is 2.03. The van der Waals surface area contributed by atoms with Gasteiger partial charge in [0.25, 0.3) is 0 Å². The monoisotopic (exact) mass is 263 g/mol. The minimum atomic E-state index is -0.249. The number of rotatable bonds is 3. The molecule has 1 N–H and O–H groups in total. The number of nitrogens with one attached hydrogen (secondary N) is 1. The lowest BCUT2D eigenvalue weighted by atomic mass is 9.55. The van der Waals surface area contributed by atoms with E-state index in [-0.39, 0.29) is 17.3 Å². The van der Waals surface area contributed by atoms with Crippen molar-refractivity contribution in [2.75, 3.05) is 7.05 Å². The summed E-state index contributed by atoms with van der Waals surface area (Å²) in [5.41, 5.74) is 0.231.